The van der Waals surface area contributed by atoms with Gasteiger partial charge in [-0.1, -0.05) is 18.2 Å². The van der Waals surface area contributed by atoms with Gasteiger partial charge in [-0.05, 0) is 50.1 Å². The number of para-hydroxylation sites is 1. The Labute approximate surface area is 136 Å². The maximum Gasteiger partial charge on any atom is 0.315 e. The van der Waals surface area contributed by atoms with Crippen LogP contribution in [0.4, 0.5) is 0 Å². The highest BCUT2D eigenvalue weighted by Crippen LogP contribution is 2.25. The van der Waals surface area contributed by atoms with E-state index in [-0.39, 0.29) is 18.2 Å². The quantitative estimate of drug-likeness (QED) is 0.480. The van der Waals surface area contributed by atoms with E-state index in [0.717, 1.165) is 11.1 Å². The molecule has 0 saturated carbocycles. The molecule has 2 rings (SSSR count). The van der Waals surface area contributed by atoms with E-state index in [2.05, 4.69) is 0 Å². The molecular weight excluding hydrogens is 292 g/mol. The van der Waals surface area contributed by atoms with Gasteiger partial charge in [-0.3, -0.25) is 9.59 Å². The number of aryl methyl sites for hydroxylation is 2. The molecule has 0 atom stereocenters. The van der Waals surface area contributed by atoms with E-state index in [1.807, 2.05) is 32.0 Å². The topological polar surface area (TPSA) is 52.6 Å². The number of carbonyl (C=O) groups excluding carboxylic acids is 2. The smallest absolute Gasteiger partial charge is 0.315 e. The third kappa shape index (κ3) is 3.97. The van der Waals surface area contributed by atoms with Crippen molar-refractivity contribution in [2.24, 2.45) is 0 Å². The second-order valence-electron chi connectivity index (χ2n) is 5.45. The number of benzene rings is 2. The molecule has 0 amide bonds. The van der Waals surface area contributed by atoms with Gasteiger partial charge in [0.15, 0.2) is 5.78 Å². The first kappa shape index (κ1) is 16.7. The van der Waals surface area contributed by atoms with Gasteiger partial charge in [-0.25, -0.2) is 0 Å². The molecule has 0 unspecified atom stereocenters. The normalized spacial score (nSPS) is 10.3. The zero-order valence-electron chi connectivity index (χ0n) is 13.8. The molecule has 4 nitrogen and oxygen atoms in total. The molecular formula is C19H20O4. The summed E-state index contributed by atoms with van der Waals surface area (Å²) in [6, 6.07) is 10.8. The molecule has 0 aliphatic rings. The van der Waals surface area contributed by atoms with Crippen molar-refractivity contribution in [2.45, 2.75) is 27.2 Å². The maximum absolute atomic E-state index is 12.3. The van der Waals surface area contributed by atoms with Crippen LogP contribution in [0.25, 0.3) is 0 Å². The number of ether oxygens (including phenoxy) is 2. The van der Waals surface area contributed by atoms with Crippen LogP contribution >= 0.6 is 0 Å². The van der Waals surface area contributed by atoms with Crippen LogP contribution in [0.3, 0.4) is 0 Å². The first-order chi connectivity index (χ1) is 10.9. The summed E-state index contributed by atoms with van der Waals surface area (Å²) in [5, 5.41) is 0. The van der Waals surface area contributed by atoms with Crippen LogP contribution in [0.1, 0.15) is 34.0 Å². The lowest BCUT2D eigenvalue weighted by atomic mass is 10.0. The van der Waals surface area contributed by atoms with Gasteiger partial charge in [0.1, 0.15) is 11.5 Å². The number of rotatable bonds is 5. The fourth-order valence-electron chi connectivity index (χ4n) is 2.40. The van der Waals surface area contributed by atoms with Gasteiger partial charge >= 0.3 is 5.97 Å². The molecule has 4 heteroatoms. The molecule has 0 fully saturated rings. The molecule has 2 aromatic carbocycles. The van der Waals surface area contributed by atoms with E-state index >= 15 is 0 Å². The molecule has 0 aliphatic heterocycles. The highest BCUT2D eigenvalue weighted by molar-refractivity contribution is 5.94. The van der Waals surface area contributed by atoms with E-state index in [4.69, 9.17) is 9.47 Å². The van der Waals surface area contributed by atoms with Crippen molar-refractivity contribution in [3.8, 4) is 11.5 Å². The highest BCUT2D eigenvalue weighted by Gasteiger charge is 2.15. The Morgan fingerprint density at radius 1 is 1.04 bits per heavy atom. The fourth-order valence-corrected chi connectivity index (χ4v) is 2.40. The minimum atomic E-state index is -0.388. The molecule has 0 radical (unpaired) electrons. The zero-order chi connectivity index (χ0) is 17.0. The Balaban J connectivity index is 2.23. The minimum absolute atomic E-state index is 0.0397. The fraction of sp³-hybridized carbons (Fsp3) is 0.263. The molecule has 23 heavy (non-hydrogen) atoms. The van der Waals surface area contributed by atoms with E-state index in [9.17, 15) is 9.59 Å². The summed E-state index contributed by atoms with van der Waals surface area (Å²) in [4.78, 5) is 23.8. The van der Waals surface area contributed by atoms with E-state index in [1.165, 1.54) is 14.0 Å². The number of esters is 1. The van der Waals surface area contributed by atoms with E-state index < -0.39 is 0 Å². The van der Waals surface area contributed by atoms with Crippen LogP contribution in [0, 0.1) is 13.8 Å². The van der Waals surface area contributed by atoms with Crippen molar-refractivity contribution in [1.82, 2.24) is 0 Å². The average Bonchev–Trinajstić information content (AvgIpc) is 2.51. The van der Waals surface area contributed by atoms with Crippen LogP contribution in [0.2, 0.25) is 0 Å². The maximum atomic E-state index is 12.3. The molecule has 120 valence electrons. The summed E-state index contributed by atoms with van der Waals surface area (Å²) in [5.74, 6) is 0.700. The van der Waals surface area contributed by atoms with Gasteiger partial charge in [0.2, 0.25) is 0 Å². The molecule has 0 aliphatic carbocycles. The molecule has 0 heterocycles. The van der Waals surface area contributed by atoms with Crippen molar-refractivity contribution in [2.75, 3.05) is 7.11 Å². The Bertz CT molecular complexity index is 727. The van der Waals surface area contributed by atoms with Crippen LogP contribution in [0.5, 0.6) is 11.5 Å². The molecule has 0 spiro atoms. The SMILES string of the molecule is COc1ccc(C(C)=O)cc1CC(=O)Oc1c(C)cccc1C. The van der Waals surface area contributed by atoms with Gasteiger partial charge in [0.25, 0.3) is 0 Å². The predicted molar refractivity (Wildman–Crippen MR) is 88.3 cm³/mol. The highest BCUT2D eigenvalue weighted by atomic mass is 16.5. The Kier molecular flexibility index (Phi) is 5.16. The second-order valence-corrected chi connectivity index (χ2v) is 5.45. The zero-order valence-corrected chi connectivity index (χ0v) is 13.8. The lowest BCUT2D eigenvalue weighted by Gasteiger charge is -2.12. The van der Waals surface area contributed by atoms with Crippen molar-refractivity contribution in [1.29, 1.82) is 0 Å². The largest absolute Gasteiger partial charge is 0.496 e. The van der Waals surface area contributed by atoms with E-state index in [1.54, 1.807) is 18.2 Å². The minimum Gasteiger partial charge on any atom is -0.496 e. The van der Waals surface area contributed by atoms with Crippen LogP contribution < -0.4 is 9.47 Å². The second kappa shape index (κ2) is 7.09. The van der Waals surface area contributed by atoms with Crippen LogP contribution in [-0.4, -0.2) is 18.9 Å². The number of Topliss-reactive ketones (excluding diaryl/α,β-unsaturated/α-hetero) is 1. The number of methoxy groups -OCH3 is 1. The number of hydrogen-bond donors (Lipinski definition) is 0. The Morgan fingerprint density at radius 3 is 2.26 bits per heavy atom. The van der Waals surface area contributed by atoms with E-state index in [0.29, 0.717) is 22.6 Å². The van der Waals surface area contributed by atoms with Gasteiger partial charge in [-0.2, -0.15) is 0 Å². The standard InChI is InChI=1S/C19H20O4/c1-12-6-5-7-13(2)19(12)23-18(21)11-16-10-15(14(3)20)8-9-17(16)22-4/h5-10H,11H2,1-4H3. The van der Waals surface area contributed by atoms with Crippen molar-refractivity contribution >= 4 is 11.8 Å². The summed E-state index contributed by atoms with van der Waals surface area (Å²) in [6.07, 6.45) is 0.0397. The van der Waals surface area contributed by atoms with Gasteiger partial charge in [0, 0.05) is 11.1 Å². The molecule has 0 saturated heterocycles. The molecule has 2 aromatic rings. The monoisotopic (exact) mass is 312 g/mol. The third-order valence-electron chi connectivity index (χ3n) is 3.65. The summed E-state index contributed by atoms with van der Waals surface area (Å²) in [7, 11) is 1.53. The lowest BCUT2D eigenvalue weighted by molar-refractivity contribution is -0.133. The van der Waals surface area contributed by atoms with Crippen molar-refractivity contribution < 1.29 is 19.1 Å². The predicted octanol–water partition coefficient (Wildman–Crippen LogP) is 3.66. The third-order valence-corrected chi connectivity index (χ3v) is 3.65. The summed E-state index contributed by atoms with van der Waals surface area (Å²) >= 11 is 0. The summed E-state index contributed by atoms with van der Waals surface area (Å²) < 4.78 is 10.8. The van der Waals surface area contributed by atoms with Gasteiger partial charge in [0.05, 0.1) is 13.5 Å². The first-order valence-electron chi connectivity index (χ1n) is 7.37. The molecule has 0 bridgehead atoms. The molecule has 0 N–H and O–H groups in total. The Hall–Kier alpha value is -2.62. The number of ketones is 1. The summed E-state index contributed by atoms with van der Waals surface area (Å²) in [5.41, 5.74) is 2.99. The average molecular weight is 312 g/mol. The van der Waals surface area contributed by atoms with Gasteiger partial charge in [-0.15, -0.1) is 0 Å². The van der Waals surface area contributed by atoms with Gasteiger partial charge < -0.3 is 9.47 Å². The van der Waals surface area contributed by atoms with Crippen molar-refractivity contribution in [3.63, 3.8) is 0 Å². The summed E-state index contributed by atoms with van der Waals surface area (Å²) in [6.45, 7) is 5.28. The van der Waals surface area contributed by atoms with Crippen LogP contribution in [-0.2, 0) is 11.2 Å². The van der Waals surface area contributed by atoms with Crippen LogP contribution in [0.15, 0.2) is 36.4 Å². The number of hydrogen-bond acceptors (Lipinski definition) is 4. The Morgan fingerprint density at radius 2 is 1.70 bits per heavy atom. The first-order valence-corrected chi connectivity index (χ1v) is 7.37. The lowest BCUT2D eigenvalue weighted by Crippen LogP contribution is -2.14. The number of carbonyl (C=O) groups is 2. The molecule has 0 aromatic heterocycles. The van der Waals surface area contributed by atoms with Crippen molar-refractivity contribution in [3.05, 3.63) is 58.7 Å².